The van der Waals surface area contributed by atoms with E-state index in [1.165, 1.54) is 0 Å². The smallest absolute Gasteiger partial charge is 0.253 e. The summed E-state index contributed by atoms with van der Waals surface area (Å²) in [6.07, 6.45) is 0.739. The van der Waals surface area contributed by atoms with Crippen molar-refractivity contribution < 1.29 is 23.7 Å². The molecule has 0 fully saturated rings. The fourth-order valence-corrected chi connectivity index (χ4v) is 5.09. The molecule has 0 saturated heterocycles. The van der Waals surface area contributed by atoms with Gasteiger partial charge in [-0.15, -0.1) is 11.3 Å². The molecule has 0 aliphatic heterocycles. The van der Waals surface area contributed by atoms with Crippen molar-refractivity contribution in [3.05, 3.63) is 70.7 Å². The Bertz CT molecular complexity index is 1380. The highest BCUT2D eigenvalue weighted by atomic mass is 32.1. The van der Waals surface area contributed by atoms with E-state index in [1.807, 2.05) is 60.8 Å². The van der Waals surface area contributed by atoms with Gasteiger partial charge in [-0.2, -0.15) is 0 Å². The Labute approximate surface area is 227 Å². The molecule has 2 aromatic heterocycles. The molecule has 1 amide bonds. The fourth-order valence-electron chi connectivity index (χ4n) is 4.27. The molecule has 0 saturated carbocycles. The second kappa shape index (κ2) is 12.6. The van der Waals surface area contributed by atoms with Gasteiger partial charge in [0.05, 0.1) is 44.9 Å². The third kappa shape index (κ3) is 6.00. The van der Waals surface area contributed by atoms with E-state index in [4.69, 9.17) is 23.9 Å². The number of aromatic nitrogens is 2. The van der Waals surface area contributed by atoms with Crippen LogP contribution in [0.3, 0.4) is 0 Å². The quantitative estimate of drug-likeness (QED) is 0.250. The van der Waals surface area contributed by atoms with Crippen molar-refractivity contribution in [2.45, 2.75) is 19.9 Å². The van der Waals surface area contributed by atoms with Crippen LogP contribution in [0.2, 0.25) is 0 Å². The van der Waals surface area contributed by atoms with E-state index in [1.54, 1.807) is 39.8 Å². The second-order valence-corrected chi connectivity index (χ2v) is 9.49. The number of carbonyl (C=O) groups is 1. The highest BCUT2D eigenvalue weighted by molar-refractivity contribution is 7.13. The molecule has 0 aliphatic carbocycles. The van der Waals surface area contributed by atoms with Crippen LogP contribution in [0.15, 0.2) is 53.9 Å². The molecule has 200 valence electrons. The van der Waals surface area contributed by atoms with Crippen LogP contribution in [0.25, 0.3) is 22.0 Å². The minimum absolute atomic E-state index is 0.128. The molecule has 0 aliphatic rings. The van der Waals surface area contributed by atoms with Crippen molar-refractivity contribution in [2.75, 3.05) is 41.6 Å². The summed E-state index contributed by atoms with van der Waals surface area (Å²) in [7, 11) is 6.52. The molecule has 0 atom stereocenters. The molecule has 38 heavy (non-hydrogen) atoms. The van der Waals surface area contributed by atoms with E-state index in [-0.39, 0.29) is 5.91 Å². The molecule has 0 unspecified atom stereocenters. The average molecular weight is 536 g/mol. The zero-order valence-corrected chi connectivity index (χ0v) is 23.2. The fraction of sp³-hybridized carbons (Fsp3) is 0.310. The van der Waals surface area contributed by atoms with E-state index in [9.17, 15) is 4.79 Å². The van der Waals surface area contributed by atoms with Crippen LogP contribution in [0.5, 0.6) is 17.2 Å². The van der Waals surface area contributed by atoms with Crippen LogP contribution in [0.1, 0.15) is 21.6 Å². The number of nitrogens with zero attached hydrogens (tertiary/aromatic N) is 2. The Kier molecular flexibility index (Phi) is 9.04. The maximum absolute atomic E-state index is 13.0. The summed E-state index contributed by atoms with van der Waals surface area (Å²) < 4.78 is 23.4. The summed E-state index contributed by atoms with van der Waals surface area (Å²) in [4.78, 5) is 17.9. The number of benzene rings is 2. The maximum atomic E-state index is 13.0. The van der Waals surface area contributed by atoms with Gasteiger partial charge < -0.3 is 28.8 Å². The zero-order chi connectivity index (χ0) is 27.1. The first-order valence-corrected chi connectivity index (χ1v) is 13.2. The number of amides is 1. The minimum Gasteiger partial charge on any atom is -0.497 e. The average Bonchev–Trinajstić information content (AvgIpc) is 3.56. The Morgan fingerprint density at radius 3 is 2.42 bits per heavy atom. The summed E-state index contributed by atoms with van der Waals surface area (Å²) in [6.45, 7) is 3.53. The van der Waals surface area contributed by atoms with E-state index in [0.29, 0.717) is 36.8 Å². The monoisotopic (exact) mass is 535 g/mol. The van der Waals surface area contributed by atoms with Crippen molar-refractivity contribution in [3.63, 3.8) is 0 Å². The molecule has 0 bridgehead atoms. The number of methoxy groups -OCH3 is 4. The van der Waals surface area contributed by atoms with Crippen molar-refractivity contribution >= 4 is 17.2 Å². The van der Waals surface area contributed by atoms with Gasteiger partial charge in [-0.25, -0.2) is 4.98 Å². The molecular weight excluding hydrogens is 502 g/mol. The van der Waals surface area contributed by atoms with Crippen LogP contribution in [0.4, 0.5) is 0 Å². The Morgan fingerprint density at radius 1 is 0.974 bits per heavy atom. The van der Waals surface area contributed by atoms with Crippen molar-refractivity contribution in [2.24, 2.45) is 0 Å². The van der Waals surface area contributed by atoms with Crippen molar-refractivity contribution in [1.82, 2.24) is 14.9 Å². The van der Waals surface area contributed by atoms with Gasteiger partial charge in [-0.3, -0.25) is 4.79 Å². The molecule has 0 radical (unpaired) electrons. The minimum atomic E-state index is -0.128. The molecular formula is C29H33N3O5S. The number of carbonyl (C=O) groups excluding carboxylic acids is 1. The molecule has 4 rings (SSSR count). The maximum Gasteiger partial charge on any atom is 0.253 e. The van der Waals surface area contributed by atoms with Crippen LogP contribution in [-0.4, -0.2) is 57.0 Å². The largest absolute Gasteiger partial charge is 0.497 e. The topological polar surface area (TPSA) is 83.8 Å². The van der Waals surface area contributed by atoms with Crippen molar-refractivity contribution in [3.8, 4) is 39.2 Å². The SMILES string of the molecule is COCCNC(=O)c1cc(-c2csc(-c3ccc(OC)cc3)n2)n(CCc2ccc(OC)c(OC)c2)c1C. The lowest BCUT2D eigenvalue weighted by Crippen LogP contribution is -2.27. The van der Waals surface area contributed by atoms with Gasteiger partial charge in [0, 0.05) is 36.8 Å². The van der Waals surface area contributed by atoms with Crippen LogP contribution >= 0.6 is 11.3 Å². The first-order chi connectivity index (χ1) is 18.5. The second-order valence-electron chi connectivity index (χ2n) is 8.63. The lowest BCUT2D eigenvalue weighted by atomic mass is 10.1. The highest BCUT2D eigenvalue weighted by Gasteiger charge is 2.20. The standard InChI is InChI=1S/C29H33N3O5S/c1-19-23(28(33)30-13-15-34-2)17-25(24-18-38-29(31-24)21-7-9-22(35-3)10-8-21)32(19)14-12-20-6-11-26(36-4)27(16-20)37-5/h6-11,16-18H,12-15H2,1-5H3,(H,30,33). The molecule has 2 aromatic carbocycles. The van der Waals surface area contributed by atoms with Crippen LogP contribution in [0, 0.1) is 6.92 Å². The number of hydrogen-bond donors (Lipinski definition) is 1. The molecule has 2 heterocycles. The van der Waals surface area contributed by atoms with Crippen LogP contribution in [-0.2, 0) is 17.7 Å². The third-order valence-electron chi connectivity index (χ3n) is 6.38. The number of nitrogens with one attached hydrogen (secondary N) is 1. The van der Waals surface area contributed by atoms with Gasteiger partial charge in [0.15, 0.2) is 11.5 Å². The number of hydrogen-bond acceptors (Lipinski definition) is 7. The molecule has 1 N–H and O–H groups in total. The summed E-state index contributed by atoms with van der Waals surface area (Å²) in [6, 6.07) is 15.7. The third-order valence-corrected chi connectivity index (χ3v) is 7.27. The van der Waals surface area contributed by atoms with Gasteiger partial charge >= 0.3 is 0 Å². The first-order valence-electron chi connectivity index (χ1n) is 12.3. The summed E-state index contributed by atoms with van der Waals surface area (Å²) in [5.41, 5.74) is 5.35. The van der Waals surface area contributed by atoms with Crippen LogP contribution < -0.4 is 19.5 Å². The Hall–Kier alpha value is -3.82. The van der Waals surface area contributed by atoms with Gasteiger partial charge in [-0.05, 0) is 61.4 Å². The molecule has 8 nitrogen and oxygen atoms in total. The van der Waals surface area contributed by atoms with E-state index < -0.39 is 0 Å². The summed E-state index contributed by atoms with van der Waals surface area (Å²) >= 11 is 1.57. The first kappa shape index (κ1) is 27.2. The lowest BCUT2D eigenvalue weighted by molar-refractivity contribution is 0.0936. The number of ether oxygens (including phenoxy) is 4. The van der Waals surface area contributed by atoms with Gasteiger partial charge in [0.1, 0.15) is 10.8 Å². The molecule has 9 heteroatoms. The predicted octanol–water partition coefficient (Wildman–Crippen LogP) is 5.23. The summed E-state index contributed by atoms with van der Waals surface area (Å²) in [5.74, 6) is 2.06. The molecule has 0 spiro atoms. The van der Waals surface area contributed by atoms with E-state index in [2.05, 4.69) is 9.88 Å². The lowest BCUT2D eigenvalue weighted by Gasteiger charge is -2.13. The summed E-state index contributed by atoms with van der Waals surface area (Å²) in [5, 5.41) is 5.88. The zero-order valence-electron chi connectivity index (χ0n) is 22.4. The Balaban J connectivity index is 1.66. The van der Waals surface area contributed by atoms with E-state index in [0.717, 1.165) is 45.4 Å². The van der Waals surface area contributed by atoms with Gasteiger partial charge in [-0.1, -0.05) is 6.07 Å². The number of thiazole rings is 1. The number of aryl methyl sites for hydroxylation is 1. The Morgan fingerprint density at radius 2 is 1.74 bits per heavy atom. The van der Waals surface area contributed by atoms with E-state index >= 15 is 0 Å². The number of rotatable bonds is 12. The molecule has 4 aromatic rings. The van der Waals surface area contributed by atoms with Gasteiger partial charge in [0.25, 0.3) is 5.91 Å². The van der Waals surface area contributed by atoms with Gasteiger partial charge in [0.2, 0.25) is 0 Å². The highest BCUT2D eigenvalue weighted by Crippen LogP contribution is 2.33. The predicted molar refractivity (Wildman–Crippen MR) is 150 cm³/mol. The normalized spacial score (nSPS) is 10.9. The van der Waals surface area contributed by atoms with Crippen molar-refractivity contribution in [1.29, 1.82) is 0 Å².